The van der Waals surface area contributed by atoms with Gasteiger partial charge in [-0.3, -0.25) is 14.2 Å². The Balaban J connectivity index is 1.98. The summed E-state index contributed by atoms with van der Waals surface area (Å²) < 4.78 is 33.1. The molecule has 1 saturated heterocycles. The Bertz CT molecular complexity index is 1590. The largest absolute Gasteiger partial charge is 0.496 e. The number of hydrogen-bond acceptors (Lipinski definition) is 8. The van der Waals surface area contributed by atoms with Crippen molar-refractivity contribution >= 4 is 33.4 Å². The molecular formula is C28H34FN3O8S. The highest BCUT2D eigenvalue weighted by atomic mass is 32.1. The number of hydrogen-bond donors (Lipinski definition) is 1. The SMILES string of the molecule is COCCOC(Cn1c(=O)n(C(C)(C)C(=O)N2CCCC2)c(=O)c2c(C)c(C(=O)O)sc21)c1cc(F)ccc1OC. The molecule has 3 aromatic rings. The molecule has 41 heavy (non-hydrogen) atoms. The molecule has 1 aliphatic rings. The molecule has 13 heteroatoms. The molecule has 1 amide bonds. The Labute approximate surface area is 239 Å². The number of aromatic nitrogens is 2. The number of rotatable bonds is 11. The average molecular weight is 592 g/mol. The number of carbonyl (C=O) groups excluding carboxylic acids is 1. The number of benzene rings is 1. The van der Waals surface area contributed by atoms with Crippen LogP contribution in [0.5, 0.6) is 5.75 Å². The van der Waals surface area contributed by atoms with Crippen LogP contribution in [0.1, 0.15) is 53.6 Å². The summed E-state index contributed by atoms with van der Waals surface area (Å²) in [4.78, 5) is 55.4. The van der Waals surface area contributed by atoms with Crippen molar-refractivity contribution in [2.75, 3.05) is 40.5 Å². The summed E-state index contributed by atoms with van der Waals surface area (Å²) in [5.74, 6) is -1.88. The fourth-order valence-electron chi connectivity index (χ4n) is 5.24. The minimum Gasteiger partial charge on any atom is -0.496 e. The molecule has 1 unspecified atom stereocenters. The number of carboxylic acid groups (broad SMARTS) is 1. The first-order valence-corrected chi connectivity index (χ1v) is 14.0. The van der Waals surface area contributed by atoms with E-state index in [4.69, 9.17) is 14.2 Å². The van der Waals surface area contributed by atoms with Gasteiger partial charge in [-0.25, -0.2) is 18.5 Å². The van der Waals surface area contributed by atoms with Crippen LogP contribution in [-0.4, -0.2) is 71.5 Å². The monoisotopic (exact) mass is 591 g/mol. The van der Waals surface area contributed by atoms with E-state index >= 15 is 0 Å². The lowest BCUT2D eigenvalue weighted by Gasteiger charge is -2.31. The summed E-state index contributed by atoms with van der Waals surface area (Å²) >= 11 is 0.788. The van der Waals surface area contributed by atoms with E-state index in [2.05, 4.69) is 0 Å². The second-order valence-corrected chi connectivity index (χ2v) is 11.4. The van der Waals surface area contributed by atoms with Crippen LogP contribution in [0, 0.1) is 12.7 Å². The van der Waals surface area contributed by atoms with E-state index in [0.717, 1.165) is 28.7 Å². The van der Waals surface area contributed by atoms with Gasteiger partial charge < -0.3 is 24.2 Å². The molecule has 1 aromatic carbocycles. The number of nitrogens with zero attached hydrogens (tertiary/aromatic N) is 3. The van der Waals surface area contributed by atoms with Gasteiger partial charge in [0.25, 0.3) is 5.56 Å². The Morgan fingerprint density at radius 2 is 1.83 bits per heavy atom. The van der Waals surface area contributed by atoms with E-state index < -0.39 is 34.7 Å². The summed E-state index contributed by atoms with van der Waals surface area (Å²) in [6.07, 6.45) is 0.680. The maximum absolute atomic E-state index is 14.4. The van der Waals surface area contributed by atoms with Crippen molar-refractivity contribution in [3.8, 4) is 5.75 Å². The number of aromatic carboxylic acids is 1. The topological polar surface area (TPSA) is 129 Å². The lowest BCUT2D eigenvalue weighted by molar-refractivity contribution is -0.138. The molecule has 1 fully saturated rings. The third-order valence-corrected chi connectivity index (χ3v) is 8.68. The van der Waals surface area contributed by atoms with Gasteiger partial charge in [0.05, 0.1) is 32.3 Å². The van der Waals surface area contributed by atoms with Crippen LogP contribution < -0.4 is 16.0 Å². The number of likely N-dealkylation sites (tertiary alicyclic amines) is 1. The molecule has 2 aromatic heterocycles. The van der Waals surface area contributed by atoms with Crippen LogP contribution >= 0.6 is 11.3 Å². The minimum absolute atomic E-state index is 0.0242. The number of fused-ring (bicyclic) bond motifs is 1. The van der Waals surface area contributed by atoms with E-state index in [0.29, 0.717) is 24.4 Å². The van der Waals surface area contributed by atoms with E-state index in [1.165, 1.54) is 57.8 Å². The molecule has 0 aliphatic carbocycles. The molecule has 222 valence electrons. The number of carbonyl (C=O) groups is 2. The van der Waals surface area contributed by atoms with Gasteiger partial charge in [0.2, 0.25) is 5.91 Å². The van der Waals surface area contributed by atoms with Gasteiger partial charge in [-0.2, -0.15) is 0 Å². The first-order valence-electron chi connectivity index (χ1n) is 13.2. The van der Waals surface area contributed by atoms with Crippen LogP contribution in [-0.2, 0) is 26.4 Å². The highest BCUT2D eigenvalue weighted by molar-refractivity contribution is 7.20. The zero-order chi connectivity index (χ0) is 30.1. The number of methoxy groups -OCH3 is 2. The Kier molecular flexibility index (Phi) is 9.00. The number of halogens is 1. The van der Waals surface area contributed by atoms with E-state index in [1.807, 2.05) is 0 Å². The highest BCUT2D eigenvalue weighted by Gasteiger charge is 2.39. The van der Waals surface area contributed by atoms with Crippen molar-refractivity contribution in [1.82, 2.24) is 14.0 Å². The smallest absolute Gasteiger partial charge is 0.346 e. The molecule has 3 heterocycles. The second kappa shape index (κ2) is 12.1. The number of thiophene rings is 1. The average Bonchev–Trinajstić information content (AvgIpc) is 3.58. The van der Waals surface area contributed by atoms with Crippen LogP contribution in [0.15, 0.2) is 27.8 Å². The predicted octanol–water partition coefficient (Wildman–Crippen LogP) is 3.14. The molecule has 0 radical (unpaired) electrons. The zero-order valence-corrected chi connectivity index (χ0v) is 24.5. The van der Waals surface area contributed by atoms with E-state index in [9.17, 15) is 28.7 Å². The first kappa shape index (κ1) is 30.4. The van der Waals surface area contributed by atoms with Gasteiger partial charge in [-0.05, 0) is 57.4 Å². The van der Waals surface area contributed by atoms with Crippen LogP contribution in [0.2, 0.25) is 0 Å². The summed E-state index contributed by atoms with van der Waals surface area (Å²) in [6, 6.07) is 3.90. The van der Waals surface area contributed by atoms with Gasteiger partial charge in [-0.1, -0.05) is 0 Å². The summed E-state index contributed by atoms with van der Waals surface area (Å²) in [6.45, 7) is 5.61. The van der Waals surface area contributed by atoms with Crippen molar-refractivity contribution in [2.45, 2.75) is 51.8 Å². The van der Waals surface area contributed by atoms with Crippen LogP contribution in [0.4, 0.5) is 4.39 Å². The zero-order valence-electron chi connectivity index (χ0n) is 23.7. The normalized spacial score (nSPS) is 14.5. The maximum Gasteiger partial charge on any atom is 0.346 e. The molecule has 0 saturated carbocycles. The fourth-order valence-corrected chi connectivity index (χ4v) is 6.39. The molecule has 1 aliphatic heterocycles. The molecule has 4 rings (SSSR count). The lowest BCUT2D eigenvalue weighted by Crippen LogP contribution is -2.56. The van der Waals surface area contributed by atoms with Crippen molar-refractivity contribution in [3.63, 3.8) is 0 Å². The quantitative estimate of drug-likeness (QED) is 0.337. The molecule has 1 N–H and O–H groups in total. The number of aryl methyl sites for hydroxylation is 1. The number of carboxylic acids is 1. The van der Waals surface area contributed by atoms with Gasteiger partial charge in [-0.15, -0.1) is 11.3 Å². The molecule has 11 nitrogen and oxygen atoms in total. The van der Waals surface area contributed by atoms with E-state index in [-0.39, 0.29) is 46.3 Å². The van der Waals surface area contributed by atoms with Crippen molar-refractivity contribution in [1.29, 1.82) is 0 Å². The minimum atomic E-state index is -1.57. The summed E-state index contributed by atoms with van der Waals surface area (Å²) in [5.41, 5.74) is -2.64. The van der Waals surface area contributed by atoms with Gasteiger partial charge in [0, 0.05) is 25.8 Å². The van der Waals surface area contributed by atoms with Crippen molar-refractivity contribution < 1.29 is 33.3 Å². The molecule has 0 spiro atoms. The standard InChI is InChI=1S/C28H34FN3O8S/c1-16-21-23(33)32(28(2,3)26(36)30-10-6-7-11-30)27(37)31(24(21)41-22(16)25(34)35)15-20(40-13-12-38-4)18-14-17(29)8-9-19(18)39-5/h8-9,14,20H,6-7,10-13,15H2,1-5H3,(H,34,35). The van der Waals surface area contributed by atoms with Gasteiger partial charge in [0.1, 0.15) is 32.9 Å². The molecule has 1 atom stereocenters. The van der Waals surface area contributed by atoms with Crippen molar-refractivity contribution in [3.05, 3.63) is 60.9 Å². The molecule has 0 bridgehead atoms. The third-order valence-electron chi connectivity index (χ3n) is 7.38. The fraction of sp³-hybridized carbons (Fsp3) is 0.500. The van der Waals surface area contributed by atoms with Gasteiger partial charge >= 0.3 is 11.7 Å². The Morgan fingerprint density at radius 1 is 1.15 bits per heavy atom. The lowest BCUT2D eigenvalue weighted by atomic mass is 10.0. The highest BCUT2D eigenvalue weighted by Crippen LogP contribution is 2.33. The molecular weight excluding hydrogens is 557 g/mol. The number of amides is 1. The van der Waals surface area contributed by atoms with Crippen LogP contribution in [0.3, 0.4) is 0 Å². The van der Waals surface area contributed by atoms with Crippen LogP contribution in [0.25, 0.3) is 10.2 Å². The maximum atomic E-state index is 14.4. The van der Waals surface area contributed by atoms with Crippen molar-refractivity contribution in [2.24, 2.45) is 0 Å². The summed E-state index contributed by atoms with van der Waals surface area (Å²) in [5, 5.41) is 9.86. The predicted molar refractivity (Wildman–Crippen MR) is 151 cm³/mol. The second-order valence-electron chi connectivity index (χ2n) is 10.4. The third kappa shape index (κ3) is 5.66. The Morgan fingerprint density at radius 3 is 2.44 bits per heavy atom. The Hall–Kier alpha value is -3.55. The first-order chi connectivity index (χ1) is 19.4. The van der Waals surface area contributed by atoms with Gasteiger partial charge in [0.15, 0.2) is 0 Å². The number of ether oxygens (including phenoxy) is 3. The summed E-state index contributed by atoms with van der Waals surface area (Å²) in [7, 11) is 2.91. The van der Waals surface area contributed by atoms with E-state index in [1.54, 1.807) is 4.90 Å².